The number of ether oxygens (including phenoxy) is 1. The molecule has 1 aliphatic rings. The molecule has 0 N–H and O–H groups in total. The lowest BCUT2D eigenvalue weighted by Crippen LogP contribution is -2.22. The molecule has 4 rings (SSSR count). The van der Waals surface area contributed by atoms with E-state index in [1.165, 1.54) is 22.2 Å². The average Bonchev–Trinajstić information content (AvgIpc) is 3.26. The van der Waals surface area contributed by atoms with Crippen LogP contribution in [0, 0.1) is 0 Å². The highest BCUT2D eigenvalue weighted by Crippen LogP contribution is 2.36. The molecule has 140 valence electrons. The molecule has 2 aromatic heterocycles. The molecule has 0 radical (unpaired) electrons. The number of hydrogen-bond donors (Lipinski definition) is 0. The van der Waals surface area contributed by atoms with Crippen molar-refractivity contribution in [2.45, 2.75) is 36.6 Å². The first-order valence-electron chi connectivity index (χ1n) is 8.85. The van der Waals surface area contributed by atoms with E-state index < -0.39 is 0 Å². The number of Topliss-reactive ketones (excluding diaryl/α,β-unsaturated/α-hetero) is 1. The molecule has 1 atom stereocenters. The van der Waals surface area contributed by atoms with Gasteiger partial charge < -0.3 is 4.74 Å². The molecule has 1 aliphatic carbocycles. The second kappa shape index (κ2) is 7.13. The Bertz CT molecular complexity index is 1080. The van der Waals surface area contributed by atoms with Crippen molar-refractivity contribution in [2.75, 3.05) is 7.11 Å². The van der Waals surface area contributed by atoms with Gasteiger partial charge in [0.2, 0.25) is 0 Å². The summed E-state index contributed by atoms with van der Waals surface area (Å²) >= 11 is 2.95. The van der Waals surface area contributed by atoms with Gasteiger partial charge in [-0.15, -0.1) is 11.3 Å². The number of ketones is 1. The summed E-state index contributed by atoms with van der Waals surface area (Å²) in [7, 11) is 3.33. The van der Waals surface area contributed by atoms with E-state index in [1.54, 1.807) is 54.3 Å². The molecule has 0 aliphatic heterocycles. The van der Waals surface area contributed by atoms with Crippen molar-refractivity contribution in [3.63, 3.8) is 0 Å². The maximum absolute atomic E-state index is 12.9. The van der Waals surface area contributed by atoms with Crippen LogP contribution >= 0.6 is 23.1 Å². The number of carbonyl (C=O) groups excluding carboxylic acids is 1. The third-order valence-electron chi connectivity index (χ3n) is 4.93. The smallest absolute Gasteiger partial charge is 0.262 e. The van der Waals surface area contributed by atoms with Crippen LogP contribution in [0.15, 0.2) is 34.2 Å². The fraction of sp³-hybridized carbons (Fsp3) is 0.350. The molecule has 0 unspecified atom stereocenters. The molecule has 1 aromatic carbocycles. The first-order chi connectivity index (χ1) is 13.0. The van der Waals surface area contributed by atoms with Gasteiger partial charge in [-0.25, -0.2) is 4.98 Å². The number of thiophene rings is 1. The number of benzene rings is 1. The van der Waals surface area contributed by atoms with E-state index >= 15 is 0 Å². The lowest BCUT2D eigenvalue weighted by atomic mass is 10.1. The van der Waals surface area contributed by atoms with Crippen molar-refractivity contribution in [3.05, 3.63) is 50.6 Å². The summed E-state index contributed by atoms with van der Waals surface area (Å²) in [6, 6.07) is 7.07. The minimum absolute atomic E-state index is 0.00525. The van der Waals surface area contributed by atoms with Gasteiger partial charge in [0.25, 0.3) is 5.56 Å². The lowest BCUT2D eigenvalue weighted by Gasteiger charge is -2.13. The fourth-order valence-electron chi connectivity index (χ4n) is 3.41. The minimum Gasteiger partial charge on any atom is -0.497 e. The summed E-state index contributed by atoms with van der Waals surface area (Å²) in [5.74, 6) is 0.720. The van der Waals surface area contributed by atoms with Crippen LogP contribution in [-0.2, 0) is 19.9 Å². The van der Waals surface area contributed by atoms with Crippen LogP contribution in [-0.4, -0.2) is 27.7 Å². The van der Waals surface area contributed by atoms with Crippen LogP contribution in [0.4, 0.5) is 0 Å². The molecule has 5 nitrogen and oxygen atoms in total. The molecule has 2 heterocycles. The van der Waals surface area contributed by atoms with Crippen LogP contribution in [0.5, 0.6) is 5.75 Å². The summed E-state index contributed by atoms with van der Waals surface area (Å²) in [6.07, 6.45) is 3.11. The molecule has 0 bridgehead atoms. The van der Waals surface area contributed by atoms with Crippen molar-refractivity contribution in [1.29, 1.82) is 0 Å². The molecule has 7 heteroatoms. The van der Waals surface area contributed by atoms with Crippen LogP contribution in [0.25, 0.3) is 10.2 Å². The maximum atomic E-state index is 12.9. The Morgan fingerprint density at radius 2 is 2.04 bits per heavy atom. The number of hydrogen-bond acceptors (Lipinski definition) is 6. The summed E-state index contributed by atoms with van der Waals surface area (Å²) in [5, 5.41) is 1.01. The highest BCUT2D eigenvalue weighted by atomic mass is 32.2. The van der Waals surface area contributed by atoms with Crippen molar-refractivity contribution < 1.29 is 9.53 Å². The molecule has 0 fully saturated rings. The number of nitrogens with zero attached hydrogens (tertiary/aromatic N) is 2. The van der Waals surface area contributed by atoms with Crippen molar-refractivity contribution >= 4 is 39.1 Å². The molecule has 3 aromatic rings. The number of carbonyl (C=O) groups is 1. The SMILES string of the molecule is COc1ccc(C(=O)[C@H](C)Sc2nc3sc4c(c3c(=O)n2C)CCC4)cc1. The molecular formula is C20H20N2O3S2. The summed E-state index contributed by atoms with van der Waals surface area (Å²) < 4.78 is 6.72. The number of aryl methyl sites for hydroxylation is 2. The van der Waals surface area contributed by atoms with Gasteiger partial charge in [-0.05, 0) is 56.0 Å². The third kappa shape index (κ3) is 3.19. The van der Waals surface area contributed by atoms with E-state index in [9.17, 15) is 9.59 Å². The second-order valence-corrected chi connectivity index (χ2v) is 9.04. The lowest BCUT2D eigenvalue weighted by molar-refractivity contribution is 0.0994. The zero-order valence-corrected chi connectivity index (χ0v) is 17.1. The Morgan fingerprint density at radius 3 is 2.74 bits per heavy atom. The van der Waals surface area contributed by atoms with E-state index in [0.717, 1.165) is 29.5 Å². The number of aromatic nitrogens is 2. The molecule has 0 spiro atoms. The first kappa shape index (κ1) is 18.3. The van der Waals surface area contributed by atoms with E-state index in [4.69, 9.17) is 9.72 Å². The number of thioether (sulfide) groups is 1. The highest BCUT2D eigenvalue weighted by molar-refractivity contribution is 8.00. The molecule has 0 saturated heterocycles. The van der Waals surface area contributed by atoms with E-state index in [2.05, 4.69) is 0 Å². The van der Waals surface area contributed by atoms with E-state index in [0.29, 0.717) is 16.5 Å². The highest BCUT2D eigenvalue weighted by Gasteiger charge is 2.24. The van der Waals surface area contributed by atoms with Crippen molar-refractivity contribution in [2.24, 2.45) is 7.05 Å². The molecule has 0 amide bonds. The summed E-state index contributed by atoms with van der Waals surface area (Å²) in [6.45, 7) is 1.85. The predicted molar refractivity (Wildman–Crippen MR) is 110 cm³/mol. The van der Waals surface area contributed by atoms with Gasteiger partial charge in [-0.2, -0.15) is 0 Å². The summed E-state index contributed by atoms with van der Waals surface area (Å²) in [4.78, 5) is 32.4. The first-order valence-corrected chi connectivity index (χ1v) is 10.6. The standard InChI is InChI=1S/C20H20N2O3S2/c1-11(17(23)12-7-9-13(25-3)10-8-12)26-20-21-18-16(19(24)22(20)2)14-5-4-6-15(14)27-18/h7-11H,4-6H2,1-3H3/t11-/m0/s1. The zero-order chi connectivity index (χ0) is 19.1. The molecule has 27 heavy (non-hydrogen) atoms. The Morgan fingerprint density at radius 1 is 1.30 bits per heavy atom. The topological polar surface area (TPSA) is 61.2 Å². The van der Waals surface area contributed by atoms with Crippen LogP contribution in [0.3, 0.4) is 0 Å². The van der Waals surface area contributed by atoms with E-state index in [-0.39, 0.29) is 16.6 Å². The molecule has 0 saturated carbocycles. The van der Waals surface area contributed by atoms with Crippen LogP contribution in [0.1, 0.15) is 34.1 Å². The average molecular weight is 401 g/mol. The quantitative estimate of drug-likeness (QED) is 0.370. The van der Waals surface area contributed by atoms with Crippen molar-refractivity contribution in [1.82, 2.24) is 9.55 Å². The zero-order valence-electron chi connectivity index (χ0n) is 15.4. The normalized spacial score (nSPS) is 14.3. The Hall–Kier alpha value is -2.12. The van der Waals surface area contributed by atoms with Crippen molar-refractivity contribution in [3.8, 4) is 5.75 Å². The number of rotatable bonds is 5. The number of methoxy groups -OCH3 is 1. The second-order valence-electron chi connectivity index (χ2n) is 6.65. The van der Waals surface area contributed by atoms with Gasteiger partial charge in [-0.1, -0.05) is 11.8 Å². The Kier molecular flexibility index (Phi) is 4.82. The van der Waals surface area contributed by atoms with Gasteiger partial charge in [0.15, 0.2) is 10.9 Å². The van der Waals surface area contributed by atoms with E-state index in [1.807, 2.05) is 6.92 Å². The monoisotopic (exact) mass is 400 g/mol. The van der Waals surface area contributed by atoms with Gasteiger partial charge in [0, 0.05) is 17.5 Å². The van der Waals surface area contributed by atoms with Gasteiger partial charge in [0.1, 0.15) is 10.6 Å². The summed E-state index contributed by atoms with van der Waals surface area (Å²) in [5.41, 5.74) is 1.80. The maximum Gasteiger partial charge on any atom is 0.262 e. The van der Waals surface area contributed by atoms with Crippen LogP contribution in [0.2, 0.25) is 0 Å². The largest absolute Gasteiger partial charge is 0.497 e. The van der Waals surface area contributed by atoms with Gasteiger partial charge in [0.05, 0.1) is 17.7 Å². The fourth-order valence-corrected chi connectivity index (χ4v) is 5.67. The molecular weight excluding hydrogens is 380 g/mol. The van der Waals surface area contributed by atoms with Gasteiger partial charge >= 0.3 is 0 Å². The minimum atomic E-state index is -0.347. The Balaban J connectivity index is 1.63. The Labute approximate surface area is 165 Å². The van der Waals surface area contributed by atoms with Gasteiger partial charge in [-0.3, -0.25) is 14.2 Å². The van der Waals surface area contributed by atoms with Crippen LogP contribution < -0.4 is 10.3 Å². The number of fused-ring (bicyclic) bond motifs is 3. The third-order valence-corrected chi connectivity index (χ3v) is 7.26. The predicted octanol–water partition coefficient (Wildman–Crippen LogP) is 3.86.